The third kappa shape index (κ3) is 6.00. The molecule has 0 aliphatic carbocycles. The average molecular weight is 517 g/mol. The molecule has 2 aromatic carbocycles. The summed E-state index contributed by atoms with van der Waals surface area (Å²) >= 11 is 0. The zero-order valence-corrected chi connectivity index (χ0v) is 21.5. The molecule has 0 saturated carbocycles. The molecule has 3 heterocycles. The summed E-state index contributed by atoms with van der Waals surface area (Å²) in [5.74, 6) is 1.20. The Morgan fingerprint density at radius 1 is 1.13 bits per heavy atom. The molecular formula is C29H32N4O5. The minimum absolute atomic E-state index is 0.0430. The summed E-state index contributed by atoms with van der Waals surface area (Å²) < 4.78 is 12.9. The van der Waals surface area contributed by atoms with Crippen LogP contribution in [0.5, 0.6) is 5.75 Å². The summed E-state index contributed by atoms with van der Waals surface area (Å²) in [7, 11) is 2.15. The maximum Gasteiger partial charge on any atom is 0.420 e. The Morgan fingerprint density at radius 2 is 1.92 bits per heavy atom. The number of piperidine rings is 1. The van der Waals surface area contributed by atoms with Crippen molar-refractivity contribution in [2.24, 2.45) is 5.92 Å². The molecule has 0 radical (unpaired) electrons. The number of ketones is 1. The van der Waals surface area contributed by atoms with Crippen molar-refractivity contribution in [3.63, 3.8) is 0 Å². The predicted molar refractivity (Wildman–Crippen MR) is 143 cm³/mol. The Bertz CT molecular complexity index is 1450. The lowest BCUT2D eigenvalue weighted by Gasteiger charge is -2.28. The van der Waals surface area contributed by atoms with E-state index >= 15 is 0 Å². The van der Waals surface area contributed by atoms with Gasteiger partial charge in [0.2, 0.25) is 0 Å². The summed E-state index contributed by atoms with van der Waals surface area (Å²) in [4.78, 5) is 36.4. The lowest BCUT2D eigenvalue weighted by molar-refractivity contribution is 0.0971. The number of ether oxygens (including phenoxy) is 1. The minimum atomic E-state index is -0.493. The van der Waals surface area contributed by atoms with Crippen LogP contribution in [-0.4, -0.2) is 63.7 Å². The van der Waals surface area contributed by atoms with Crippen LogP contribution < -0.4 is 10.5 Å². The summed E-state index contributed by atoms with van der Waals surface area (Å²) in [6.45, 7) is 3.10. The third-order valence-corrected chi connectivity index (χ3v) is 7.03. The number of aromatic nitrogens is 3. The molecule has 0 unspecified atom stereocenters. The Morgan fingerprint density at radius 3 is 2.68 bits per heavy atom. The van der Waals surface area contributed by atoms with E-state index in [1.165, 1.54) is 4.57 Å². The number of hydrogen-bond donors (Lipinski definition) is 1. The Labute approximate surface area is 220 Å². The van der Waals surface area contributed by atoms with E-state index in [9.17, 15) is 9.59 Å². The highest BCUT2D eigenvalue weighted by Crippen LogP contribution is 2.22. The number of carbonyl (C=O) groups excluding carboxylic acids is 1. The van der Waals surface area contributed by atoms with E-state index in [1.807, 2.05) is 24.3 Å². The zero-order chi connectivity index (χ0) is 26.5. The first-order chi connectivity index (χ1) is 18.5. The number of carbonyl (C=O) groups is 1. The van der Waals surface area contributed by atoms with Gasteiger partial charge < -0.3 is 19.2 Å². The second-order valence-corrected chi connectivity index (χ2v) is 9.89. The van der Waals surface area contributed by atoms with Crippen molar-refractivity contribution in [1.82, 2.24) is 19.4 Å². The number of hydrogen-bond acceptors (Lipinski definition) is 8. The molecule has 0 bridgehead atoms. The highest BCUT2D eigenvalue weighted by atomic mass is 16.5. The maximum atomic E-state index is 12.6. The minimum Gasteiger partial charge on any atom is -0.490 e. The Hall–Kier alpha value is -3.82. The van der Waals surface area contributed by atoms with Gasteiger partial charge in [0, 0.05) is 24.2 Å². The Kier molecular flexibility index (Phi) is 7.95. The second kappa shape index (κ2) is 11.7. The van der Waals surface area contributed by atoms with Crippen LogP contribution in [0.15, 0.2) is 64.1 Å². The largest absolute Gasteiger partial charge is 0.490 e. The molecular weight excluding hydrogens is 484 g/mol. The third-order valence-electron chi connectivity index (χ3n) is 7.03. The standard InChI is InChI=1S/C29H32N4O5/c1-32-11-9-20(10-12-32)19-37-24-16-30-28(31-17-24)23-5-2-4-21(14-23)18-33-25-15-22(26(35)6-3-13-34)7-8-27(25)38-29(33)36/h2,4-5,7-8,14-17,20,34H,3,6,9-13,18-19H2,1H3. The molecule has 1 saturated heterocycles. The van der Waals surface area contributed by atoms with E-state index in [0.29, 0.717) is 47.2 Å². The van der Waals surface area contributed by atoms with Crippen molar-refractivity contribution in [2.45, 2.75) is 32.2 Å². The molecule has 198 valence electrons. The molecule has 0 atom stereocenters. The summed E-state index contributed by atoms with van der Waals surface area (Å²) in [5, 5.41) is 9.02. The molecule has 0 amide bonds. The number of rotatable bonds is 10. The van der Waals surface area contributed by atoms with Crippen LogP contribution in [0.3, 0.4) is 0 Å². The number of Topliss-reactive ketones (excluding diaryl/α,β-unsaturated/α-hetero) is 1. The number of benzene rings is 2. The first-order valence-corrected chi connectivity index (χ1v) is 13.0. The topological polar surface area (TPSA) is 111 Å². The van der Waals surface area contributed by atoms with E-state index in [4.69, 9.17) is 14.3 Å². The molecule has 4 aromatic rings. The molecule has 38 heavy (non-hydrogen) atoms. The number of aliphatic hydroxyl groups excluding tert-OH is 1. The van der Waals surface area contributed by atoms with Crippen molar-refractivity contribution in [3.8, 4) is 17.1 Å². The molecule has 9 nitrogen and oxygen atoms in total. The molecule has 0 spiro atoms. The lowest BCUT2D eigenvalue weighted by Crippen LogP contribution is -2.32. The van der Waals surface area contributed by atoms with Crippen LogP contribution in [0.1, 0.15) is 41.6 Å². The Balaban J connectivity index is 1.29. The van der Waals surface area contributed by atoms with Gasteiger partial charge >= 0.3 is 5.76 Å². The average Bonchev–Trinajstić information content (AvgIpc) is 3.25. The van der Waals surface area contributed by atoms with Gasteiger partial charge in [0.05, 0.1) is 31.1 Å². The van der Waals surface area contributed by atoms with Crippen LogP contribution in [0.2, 0.25) is 0 Å². The van der Waals surface area contributed by atoms with E-state index in [2.05, 4.69) is 21.9 Å². The molecule has 1 fully saturated rings. The van der Waals surface area contributed by atoms with Gasteiger partial charge in [-0.05, 0) is 75.1 Å². The molecule has 9 heteroatoms. The number of oxazole rings is 1. The van der Waals surface area contributed by atoms with Crippen molar-refractivity contribution in [3.05, 3.63) is 76.5 Å². The maximum absolute atomic E-state index is 12.6. The van der Waals surface area contributed by atoms with Crippen LogP contribution in [0.4, 0.5) is 0 Å². The van der Waals surface area contributed by atoms with E-state index in [1.54, 1.807) is 30.6 Å². The van der Waals surface area contributed by atoms with E-state index in [0.717, 1.165) is 37.1 Å². The smallest absolute Gasteiger partial charge is 0.420 e. The van der Waals surface area contributed by atoms with Gasteiger partial charge in [0.25, 0.3) is 0 Å². The van der Waals surface area contributed by atoms with Gasteiger partial charge in [0.15, 0.2) is 22.9 Å². The highest BCUT2D eigenvalue weighted by Gasteiger charge is 2.18. The lowest BCUT2D eigenvalue weighted by atomic mass is 9.98. The van der Waals surface area contributed by atoms with E-state index < -0.39 is 5.76 Å². The number of likely N-dealkylation sites (tertiary alicyclic amines) is 1. The second-order valence-electron chi connectivity index (χ2n) is 9.89. The van der Waals surface area contributed by atoms with Crippen molar-refractivity contribution >= 4 is 16.9 Å². The molecule has 1 N–H and O–H groups in total. The van der Waals surface area contributed by atoms with Crippen LogP contribution in [0.25, 0.3) is 22.5 Å². The predicted octanol–water partition coefficient (Wildman–Crippen LogP) is 3.78. The molecule has 1 aliphatic heterocycles. The quantitative estimate of drug-likeness (QED) is 0.317. The number of aliphatic hydroxyl groups is 1. The molecule has 1 aliphatic rings. The van der Waals surface area contributed by atoms with Gasteiger partial charge in [-0.15, -0.1) is 0 Å². The first-order valence-electron chi connectivity index (χ1n) is 13.0. The molecule has 2 aromatic heterocycles. The molecule has 5 rings (SSSR count). The van der Waals surface area contributed by atoms with Gasteiger partial charge in [0.1, 0.15) is 0 Å². The SMILES string of the molecule is CN1CCC(COc2cnc(-c3cccc(Cn4c(=O)oc5ccc(C(=O)CCCO)cc54)c3)nc2)CC1. The van der Waals surface area contributed by atoms with Crippen LogP contribution in [-0.2, 0) is 6.54 Å². The van der Waals surface area contributed by atoms with E-state index in [-0.39, 0.29) is 25.4 Å². The van der Waals surface area contributed by atoms with Crippen LogP contribution >= 0.6 is 0 Å². The van der Waals surface area contributed by atoms with Crippen molar-refractivity contribution in [1.29, 1.82) is 0 Å². The van der Waals surface area contributed by atoms with Gasteiger partial charge in [-0.25, -0.2) is 14.8 Å². The summed E-state index contributed by atoms with van der Waals surface area (Å²) in [6.07, 6.45) is 6.32. The summed E-state index contributed by atoms with van der Waals surface area (Å²) in [6, 6.07) is 12.6. The number of nitrogens with zero attached hydrogens (tertiary/aromatic N) is 4. The normalized spacial score (nSPS) is 14.7. The van der Waals surface area contributed by atoms with Crippen molar-refractivity contribution in [2.75, 3.05) is 33.4 Å². The fourth-order valence-corrected chi connectivity index (χ4v) is 4.74. The fraction of sp³-hybridized carbons (Fsp3) is 0.379. The van der Waals surface area contributed by atoms with Crippen LogP contribution in [0, 0.1) is 5.92 Å². The first kappa shape index (κ1) is 25.8. The van der Waals surface area contributed by atoms with Crippen molar-refractivity contribution < 1.29 is 19.1 Å². The zero-order valence-electron chi connectivity index (χ0n) is 21.5. The fourth-order valence-electron chi connectivity index (χ4n) is 4.74. The monoisotopic (exact) mass is 516 g/mol. The highest BCUT2D eigenvalue weighted by molar-refractivity contribution is 5.98. The number of fused-ring (bicyclic) bond motifs is 1. The van der Waals surface area contributed by atoms with Gasteiger partial charge in [-0.1, -0.05) is 18.2 Å². The summed E-state index contributed by atoms with van der Waals surface area (Å²) in [5.41, 5.74) is 3.16. The van der Waals surface area contributed by atoms with Gasteiger partial charge in [-0.3, -0.25) is 9.36 Å². The van der Waals surface area contributed by atoms with Gasteiger partial charge in [-0.2, -0.15) is 0 Å².